The monoisotopic (exact) mass is 281 g/mol. The van der Waals surface area contributed by atoms with Gasteiger partial charge in [-0.2, -0.15) is 0 Å². The van der Waals surface area contributed by atoms with Crippen LogP contribution in [0, 0.1) is 11.8 Å². The third-order valence-electron chi connectivity index (χ3n) is 4.03. The summed E-state index contributed by atoms with van der Waals surface area (Å²) >= 11 is 6.02. The number of halogens is 1. The molecule has 0 aliphatic carbocycles. The van der Waals surface area contributed by atoms with E-state index in [1.54, 1.807) is 6.07 Å². The third-order valence-corrected chi connectivity index (χ3v) is 4.34. The fourth-order valence-corrected chi connectivity index (χ4v) is 3.05. The predicted octanol–water partition coefficient (Wildman–Crippen LogP) is 3.91. The molecule has 1 aliphatic rings. The molecule has 0 spiro atoms. The summed E-state index contributed by atoms with van der Waals surface area (Å²) in [6, 6.07) is 5.30. The molecule has 4 heteroatoms. The van der Waals surface area contributed by atoms with Gasteiger partial charge in [0.05, 0.1) is 10.7 Å². The van der Waals surface area contributed by atoms with Crippen LogP contribution in [0.2, 0.25) is 5.02 Å². The maximum absolute atomic E-state index is 11.3. The van der Waals surface area contributed by atoms with Gasteiger partial charge < -0.3 is 10.0 Å². The molecule has 1 saturated heterocycles. The zero-order chi connectivity index (χ0) is 14.0. The summed E-state index contributed by atoms with van der Waals surface area (Å²) in [6.07, 6.45) is 2.23. The van der Waals surface area contributed by atoms with Crippen LogP contribution in [0.15, 0.2) is 18.2 Å². The Bertz CT molecular complexity index is 465. The molecule has 0 saturated carbocycles. The fourth-order valence-electron chi connectivity index (χ4n) is 2.80. The molecule has 19 heavy (non-hydrogen) atoms. The molecule has 0 amide bonds. The van der Waals surface area contributed by atoms with Gasteiger partial charge in [-0.3, -0.25) is 0 Å². The van der Waals surface area contributed by atoms with Gasteiger partial charge in [0.15, 0.2) is 0 Å². The lowest BCUT2D eigenvalue weighted by Gasteiger charge is -2.36. The minimum absolute atomic E-state index is 0.229. The van der Waals surface area contributed by atoms with E-state index in [9.17, 15) is 9.90 Å². The van der Waals surface area contributed by atoms with Crippen molar-refractivity contribution < 1.29 is 9.90 Å². The van der Waals surface area contributed by atoms with Crippen LogP contribution in [0.3, 0.4) is 0 Å². The Morgan fingerprint density at radius 2 is 2.00 bits per heavy atom. The van der Waals surface area contributed by atoms with Crippen molar-refractivity contribution in [3.05, 3.63) is 28.8 Å². The van der Waals surface area contributed by atoms with Crippen molar-refractivity contribution in [1.29, 1.82) is 0 Å². The highest BCUT2D eigenvalue weighted by atomic mass is 35.5. The van der Waals surface area contributed by atoms with Crippen molar-refractivity contribution >= 4 is 23.3 Å². The van der Waals surface area contributed by atoms with Crippen LogP contribution in [0.1, 0.15) is 37.0 Å². The summed E-state index contributed by atoms with van der Waals surface area (Å²) in [5, 5.41) is 9.62. The number of aromatic carboxylic acids is 1. The van der Waals surface area contributed by atoms with Gasteiger partial charge in [0.1, 0.15) is 5.56 Å². The Kier molecular flexibility index (Phi) is 4.35. The maximum Gasteiger partial charge on any atom is 0.339 e. The first-order valence-electron chi connectivity index (χ1n) is 6.77. The van der Waals surface area contributed by atoms with Gasteiger partial charge in [0.2, 0.25) is 0 Å². The lowest BCUT2D eigenvalue weighted by Crippen LogP contribution is -2.36. The van der Waals surface area contributed by atoms with E-state index in [1.807, 2.05) is 12.1 Å². The van der Waals surface area contributed by atoms with E-state index in [4.69, 9.17) is 11.6 Å². The molecule has 1 heterocycles. The largest absolute Gasteiger partial charge is 0.478 e. The van der Waals surface area contributed by atoms with E-state index < -0.39 is 5.97 Å². The Hall–Kier alpha value is -1.22. The average Bonchev–Trinajstić information content (AvgIpc) is 2.38. The van der Waals surface area contributed by atoms with Crippen molar-refractivity contribution in [1.82, 2.24) is 0 Å². The first-order valence-corrected chi connectivity index (χ1v) is 7.15. The van der Waals surface area contributed by atoms with Crippen molar-refractivity contribution in [2.24, 2.45) is 11.8 Å². The number of carboxylic acid groups (broad SMARTS) is 1. The van der Waals surface area contributed by atoms with E-state index in [2.05, 4.69) is 18.7 Å². The summed E-state index contributed by atoms with van der Waals surface area (Å²) in [5.74, 6) is 0.482. The van der Waals surface area contributed by atoms with Gasteiger partial charge in [-0.1, -0.05) is 31.5 Å². The second kappa shape index (κ2) is 5.83. The first kappa shape index (κ1) is 14.2. The number of carbonyl (C=O) groups is 1. The molecule has 104 valence electrons. The lowest BCUT2D eigenvalue weighted by molar-refractivity contribution is 0.0697. The zero-order valence-electron chi connectivity index (χ0n) is 11.4. The number of nitrogens with zero attached hydrogens (tertiary/aromatic N) is 1. The van der Waals surface area contributed by atoms with Gasteiger partial charge in [-0.25, -0.2) is 4.79 Å². The van der Waals surface area contributed by atoms with Crippen molar-refractivity contribution in [2.45, 2.75) is 26.7 Å². The summed E-state index contributed by atoms with van der Waals surface area (Å²) in [4.78, 5) is 13.5. The summed E-state index contributed by atoms with van der Waals surface area (Å²) in [5.41, 5.74) is 0.981. The van der Waals surface area contributed by atoms with Crippen LogP contribution in [0.25, 0.3) is 0 Å². The topological polar surface area (TPSA) is 40.5 Å². The van der Waals surface area contributed by atoms with Crippen LogP contribution in [-0.2, 0) is 0 Å². The first-order chi connectivity index (χ1) is 9.00. The Morgan fingerprint density at radius 1 is 1.37 bits per heavy atom. The Labute approximate surface area is 119 Å². The SMILES string of the molecule is CC(C)C1CCN(c2cccc(Cl)c2C(=O)O)CC1. The fraction of sp³-hybridized carbons (Fsp3) is 0.533. The van der Waals surface area contributed by atoms with Crippen LogP contribution in [0.5, 0.6) is 0 Å². The van der Waals surface area contributed by atoms with Crippen molar-refractivity contribution in [3.8, 4) is 0 Å². The normalized spacial score (nSPS) is 16.9. The van der Waals surface area contributed by atoms with Crippen molar-refractivity contribution in [3.63, 3.8) is 0 Å². The molecule has 2 rings (SSSR count). The second-order valence-corrected chi connectivity index (χ2v) is 5.91. The number of carboxylic acids is 1. The molecule has 1 aromatic rings. The molecule has 0 radical (unpaired) electrons. The van der Waals surface area contributed by atoms with E-state index in [-0.39, 0.29) is 5.56 Å². The van der Waals surface area contributed by atoms with Crippen LogP contribution < -0.4 is 4.90 Å². The average molecular weight is 282 g/mol. The summed E-state index contributed by atoms with van der Waals surface area (Å²) in [6.45, 7) is 6.32. The summed E-state index contributed by atoms with van der Waals surface area (Å²) in [7, 11) is 0. The predicted molar refractivity (Wildman–Crippen MR) is 78.2 cm³/mol. The van der Waals surface area contributed by atoms with Crippen LogP contribution in [0.4, 0.5) is 5.69 Å². The highest BCUT2D eigenvalue weighted by Gasteiger charge is 2.25. The number of piperidine rings is 1. The maximum atomic E-state index is 11.3. The molecule has 1 fully saturated rings. The lowest BCUT2D eigenvalue weighted by atomic mass is 9.86. The zero-order valence-corrected chi connectivity index (χ0v) is 12.2. The van der Waals surface area contributed by atoms with E-state index in [1.165, 1.54) is 0 Å². The molecular formula is C15H20ClNO2. The molecule has 1 N–H and O–H groups in total. The summed E-state index contributed by atoms with van der Waals surface area (Å²) < 4.78 is 0. The molecule has 0 bridgehead atoms. The second-order valence-electron chi connectivity index (χ2n) is 5.51. The molecule has 0 aromatic heterocycles. The standard InChI is InChI=1S/C15H20ClNO2/c1-10(2)11-6-8-17(9-7-11)13-5-3-4-12(16)14(13)15(18)19/h3-5,10-11H,6-9H2,1-2H3,(H,18,19). The third kappa shape index (κ3) is 3.03. The van der Waals surface area contributed by atoms with E-state index >= 15 is 0 Å². The van der Waals surface area contributed by atoms with Crippen LogP contribution in [-0.4, -0.2) is 24.2 Å². The molecular weight excluding hydrogens is 262 g/mol. The van der Waals surface area contributed by atoms with Gasteiger partial charge in [0, 0.05) is 13.1 Å². The number of benzene rings is 1. The minimum atomic E-state index is -0.952. The molecule has 1 aromatic carbocycles. The number of hydrogen-bond donors (Lipinski definition) is 1. The van der Waals surface area contributed by atoms with Crippen LogP contribution >= 0.6 is 11.6 Å². The highest BCUT2D eigenvalue weighted by molar-refractivity contribution is 6.34. The van der Waals surface area contributed by atoms with Crippen molar-refractivity contribution in [2.75, 3.05) is 18.0 Å². The number of hydrogen-bond acceptors (Lipinski definition) is 2. The molecule has 0 atom stereocenters. The van der Waals surface area contributed by atoms with E-state index in [0.717, 1.165) is 37.5 Å². The number of rotatable bonds is 3. The highest BCUT2D eigenvalue weighted by Crippen LogP contribution is 2.32. The van der Waals surface area contributed by atoms with E-state index in [0.29, 0.717) is 10.9 Å². The Balaban J connectivity index is 2.20. The quantitative estimate of drug-likeness (QED) is 0.913. The molecule has 3 nitrogen and oxygen atoms in total. The minimum Gasteiger partial charge on any atom is -0.478 e. The van der Waals surface area contributed by atoms with Gasteiger partial charge in [-0.15, -0.1) is 0 Å². The van der Waals surface area contributed by atoms with Gasteiger partial charge in [0.25, 0.3) is 0 Å². The van der Waals surface area contributed by atoms with Gasteiger partial charge in [-0.05, 0) is 36.8 Å². The smallest absolute Gasteiger partial charge is 0.339 e. The molecule has 0 unspecified atom stereocenters. The van der Waals surface area contributed by atoms with Gasteiger partial charge >= 0.3 is 5.97 Å². The molecule has 1 aliphatic heterocycles. The number of anilines is 1. The Morgan fingerprint density at radius 3 is 2.53 bits per heavy atom.